The summed E-state index contributed by atoms with van der Waals surface area (Å²) in [5, 5.41) is 16.2. The van der Waals surface area contributed by atoms with E-state index in [0.29, 0.717) is 19.4 Å². The maximum atomic E-state index is 12.7. The van der Waals surface area contributed by atoms with Crippen LogP contribution in [0.5, 0.6) is 0 Å². The summed E-state index contributed by atoms with van der Waals surface area (Å²) in [6, 6.07) is 3.23. The van der Waals surface area contributed by atoms with Crippen molar-refractivity contribution in [2.45, 2.75) is 57.7 Å². The highest BCUT2D eigenvalue weighted by molar-refractivity contribution is 6.03. The van der Waals surface area contributed by atoms with Gasteiger partial charge >= 0.3 is 0 Å². The van der Waals surface area contributed by atoms with Crippen molar-refractivity contribution in [1.82, 2.24) is 15.5 Å². The molecule has 32 heavy (non-hydrogen) atoms. The first-order valence-corrected chi connectivity index (χ1v) is 10.7. The number of nitrogens with zero attached hydrogens (tertiary/aromatic N) is 1. The molecule has 2 rings (SSSR count). The minimum Gasteiger partial charge on any atom is -0.369 e. The van der Waals surface area contributed by atoms with Gasteiger partial charge in [-0.2, -0.15) is 0 Å². The van der Waals surface area contributed by atoms with Gasteiger partial charge in [0.05, 0.1) is 0 Å². The Morgan fingerprint density at radius 3 is 2.41 bits per heavy atom. The number of aliphatic hydroxyl groups excluding tert-OH is 1. The number of hydrogen-bond acceptors (Lipinski definition) is 6. The van der Waals surface area contributed by atoms with Crippen LogP contribution in [0.2, 0.25) is 0 Å². The topological polar surface area (TPSA) is 159 Å². The molecule has 0 saturated heterocycles. The molecule has 0 spiro atoms. The quantitative estimate of drug-likeness (QED) is 0.253. The maximum Gasteiger partial charge on any atom is 0.257 e. The summed E-state index contributed by atoms with van der Waals surface area (Å²) in [6.45, 7) is 2.59. The van der Waals surface area contributed by atoms with Gasteiger partial charge in [0.15, 0.2) is 6.23 Å². The lowest BCUT2D eigenvalue weighted by atomic mass is 10.0. The van der Waals surface area contributed by atoms with Crippen LogP contribution in [0.4, 0.5) is 0 Å². The van der Waals surface area contributed by atoms with Gasteiger partial charge in [-0.15, -0.1) is 0 Å². The number of nitrogens with two attached hydrogens (primary N) is 1. The fraction of sp³-hybridized carbons (Fsp3) is 0.500. The Labute approximate surface area is 186 Å². The van der Waals surface area contributed by atoms with Crippen LogP contribution in [0, 0.1) is 0 Å². The predicted octanol–water partition coefficient (Wildman–Crippen LogP) is 0.393. The third-order valence-electron chi connectivity index (χ3n) is 5.31. The van der Waals surface area contributed by atoms with E-state index >= 15 is 0 Å². The van der Waals surface area contributed by atoms with Crippen molar-refractivity contribution in [1.29, 1.82) is 0 Å². The van der Waals surface area contributed by atoms with E-state index in [1.165, 1.54) is 25.1 Å². The summed E-state index contributed by atoms with van der Waals surface area (Å²) >= 11 is 0. The Hall–Kier alpha value is -3.27. The number of benzene rings is 1. The van der Waals surface area contributed by atoms with Crippen LogP contribution >= 0.6 is 0 Å². The molecule has 1 aliphatic rings. The van der Waals surface area contributed by atoms with Crippen LogP contribution in [-0.4, -0.2) is 59.1 Å². The number of amides is 4. The molecule has 0 aromatic heterocycles. The molecule has 10 nitrogen and oxygen atoms in total. The highest BCUT2D eigenvalue weighted by atomic mass is 16.3. The molecule has 2 atom stereocenters. The number of fused-ring (bicyclic) bond motifs is 1. The van der Waals surface area contributed by atoms with Gasteiger partial charge in [-0.05, 0) is 37.5 Å². The Morgan fingerprint density at radius 2 is 1.81 bits per heavy atom. The molecule has 0 bridgehead atoms. The summed E-state index contributed by atoms with van der Waals surface area (Å²) in [5.41, 5.74) is 6.06. The van der Waals surface area contributed by atoms with Gasteiger partial charge in [-0.25, -0.2) is 0 Å². The first kappa shape index (κ1) is 25.0. The Bertz CT molecular complexity index is 872. The highest BCUT2D eigenvalue weighted by Crippen LogP contribution is 2.35. The largest absolute Gasteiger partial charge is 0.369 e. The molecular weight excluding hydrogens is 416 g/mol. The number of unbranched alkanes of at least 4 members (excludes halogenated alkanes) is 3. The zero-order valence-corrected chi connectivity index (χ0v) is 18.1. The number of aliphatic hydroxyl groups is 1. The second-order valence-corrected chi connectivity index (χ2v) is 7.70. The van der Waals surface area contributed by atoms with Gasteiger partial charge in [0.1, 0.15) is 12.3 Å². The van der Waals surface area contributed by atoms with Crippen molar-refractivity contribution in [2.24, 2.45) is 5.73 Å². The molecule has 10 heteroatoms. The number of aldehydes is 1. The standard InChI is InChI=1S/C22H30N4O6/c1-14(28)24-10-4-2-3-5-11-25-20(30)15-8-9-16-17(13-15)22(32)26(21(16)31)18(19(23)29)7-6-12-27/h8-9,12-13,18,22,32H,2-7,10-11H2,1H3,(H2,23,29)(H,24,28)(H,25,30). The van der Waals surface area contributed by atoms with E-state index in [4.69, 9.17) is 5.73 Å². The molecule has 1 aliphatic heterocycles. The van der Waals surface area contributed by atoms with Crippen LogP contribution < -0.4 is 16.4 Å². The molecule has 0 fully saturated rings. The molecule has 1 aromatic carbocycles. The zero-order valence-electron chi connectivity index (χ0n) is 18.1. The van der Waals surface area contributed by atoms with E-state index in [-0.39, 0.29) is 41.3 Å². The van der Waals surface area contributed by atoms with Gasteiger partial charge < -0.3 is 26.3 Å². The lowest BCUT2D eigenvalue weighted by Gasteiger charge is -2.28. The van der Waals surface area contributed by atoms with E-state index in [2.05, 4.69) is 10.6 Å². The van der Waals surface area contributed by atoms with Crippen molar-refractivity contribution in [3.8, 4) is 0 Å². The Balaban J connectivity index is 1.93. The normalized spacial score (nSPS) is 15.8. The van der Waals surface area contributed by atoms with Gasteiger partial charge in [-0.1, -0.05) is 12.8 Å². The van der Waals surface area contributed by atoms with Gasteiger partial charge in [0.25, 0.3) is 11.8 Å². The number of carbonyl (C=O) groups excluding carboxylic acids is 5. The monoisotopic (exact) mass is 446 g/mol. The third kappa shape index (κ3) is 6.36. The number of carbonyl (C=O) groups is 5. The Morgan fingerprint density at radius 1 is 1.16 bits per heavy atom. The molecule has 1 aromatic rings. The van der Waals surface area contributed by atoms with Gasteiger partial charge in [0.2, 0.25) is 11.8 Å². The molecule has 4 amide bonds. The lowest BCUT2D eigenvalue weighted by Crippen LogP contribution is -2.46. The highest BCUT2D eigenvalue weighted by Gasteiger charge is 2.42. The fourth-order valence-electron chi connectivity index (χ4n) is 3.64. The summed E-state index contributed by atoms with van der Waals surface area (Å²) in [7, 11) is 0. The number of hydrogen-bond donors (Lipinski definition) is 4. The maximum absolute atomic E-state index is 12.7. The van der Waals surface area contributed by atoms with Crippen LogP contribution in [0.3, 0.4) is 0 Å². The van der Waals surface area contributed by atoms with Crippen molar-refractivity contribution >= 4 is 29.9 Å². The number of rotatable bonds is 13. The summed E-state index contributed by atoms with van der Waals surface area (Å²) < 4.78 is 0. The molecule has 0 radical (unpaired) electrons. The van der Waals surface area contributed by atoms with E-state index in [1.807, 2.05) is 0 Å². The third-order valence-corrected chi connectivity index (χ3v) is 5.31. The first-order chi connectivity index (χ1) is 15.3. The average molecular weight is 447 g/mol. The predicted molar refractivity (Wildman–Crippen MR) is 115 cm³/mol. The molecule has 1 heterocycles. The van der Waals surface area contributed by atoms with Crippen LogP contribution in [-0.2, 0) is 14.4 Å². The molecule has 0 saturated carbocycles. The molecule has 0 aliphatic carbocycles. The van der Waals surface area contributed by atoms with E-state index in [1.54, 1.807) is 0 Å². The first-order valence-electron chi connectivity index (χ1n) is 10.7. The van der Waals surface area contributed by atoms with Crippen molar-refractivity contribution in [2.75, 3.05) is 13.1 Å². The minimum absolute atomic E-state index is 0.00772. The van der Waals surface area contributed by atoms with Crippen molar-refractivity contribution < 1.29 is 29.1 Å². The summed E-state index contributed by atoms with van der Waals surface area (Å²) in [4.78, 5) is 59.4. The second-order valence-electron chi connectivity index (χ2n) is 7.70. The Kier molecular flexibility index (Phi) is 9.33. The number of nitrogens with one attached hydrogen (secondary N) is 2. The summed E-state index contributed by atoms with van der Waals surface area (Å²) in [6.07, 6.45) is 2.70. The van der Waals surface area contributed by atoms with Gasteiger partial charge in [-0.3, -0.25) is 24.1 Å². The van der Waals surface area contributed by atoms with E-state index < -0.39 is 24.1 Å². The SMILES string of the molecule is CC(=O)NCCCCCCNC(=O)c1ccc2c(c1)C(O)N(C(CCC=O)C(N)=O)C2=O. The summed E-state index contributed by atoms with van der Waals surface area (Å²) in [5.74, 6) is -1.78. The fourth-order valence-corrected chi connectivity index (χ4v) is 3.64. The van der Waals surface area contributed by atoms with E-state index in [0.717, 1.165) is 30.6 Å². The molecule has 2 unspecified atom stereocenters. The smallest absolute Gasteiger partial charge is 0.257 e. The number of primary amides is 1. The van der Waals surface area contributed by atoms with Gasteiger partial charge in [0, 0.05) is 43.1 Å². The van der Waals surface area contributed by atoms with Crippen molar-refractivity contribution in [3.63, 3.8) is 0 Å². The average Bonchev–Trinajstić information content (AvgIpc) is 3.00. The molecular formula is C22H30N4O6. The van der Waals surface area contributed by atoms with Crippen LogP contribution in [0.15, 0.2) is 18.2 Å². The zero-order chi connectivity index (χ0) is 23.7. The lowest BCUT2D eigenvalue weighted by molar-refractivity contribution is -0.126. The minimum atomic E-state index is -1.43. The second kappa shape index (κ2) is 11.9. The van der Waals surface area contributed by atoms with Crippen molar-refractivity contribution in [3.05, 3.63) is 34.9 Å². The van der Waals surface area contributed by atoms with Crippen LogP contribution in [0.25, 0.3) is 0 Å². The van der Waals surface area contributed by atoms with Crippen LogP contribution in [0.1, 0.15) is 78.0 Å². The molecule has 5 N–H and O–H groups in total. The van der Waals surface area contributed by atoms with E-state index in [9.17, 15) is 29.1 Å². The molecule has 174 valence electrons.